The average molecular weight is 344 g/mol. The van der Waals surface area contributed by atoms with Crippen LogP contribution in [-0.2, 0) is 0 Å². The molecule has 0 aliphatic heterocycles. The second-order valence-corrected chi connectivity index (χ2v) is 5.32. The second kappa shape index (κ2) is 8.19. The van der Waals surface area contributed by atoms with Gasteiger partial charge in [-0.1, -0.05) is 13.8 Å². The molecule has 0 unspecified atom stereocenters. The number of benzene rings is 2. The molecule has 2 rings (SSSR count). The average Bonchev–Trinajstić information content (AvgIpc) is 2.60. The Bertz CT molecular complexity index is 716. The highest BCUT2D eigenvalue weighted by molar-refractivity contribution is 5.99. The molecule has 0 aliphatic rings. The van der Waals surface area contributed by atoms with Crippen molar-refractivity contribution >= 4 is 11.6 Å². The van der Waals surface area contributed by atoms with Crippen molar-refractivity contribution in [3.05, 3.63) is 47.5 Å². The number of ether oxygens (including phenoxy) is 2. The first-order valence-electron chi connectivity index (χ1n) is 7.94. The molecule has 25 heavy (non-hydrogen) atoms. The van der Waals surface area contributed by atoms with Crippen molar-refractivity contribution in [3.8, 4) is 23.0 Å². The zero-order chi connectivity index (χ0) is 18.4. The topological polar surface area (TPSA) is 93.1 Å². The van der Waals surface area contributed by atoms with Gasteiger partial charge in [-0.15, -0.1) is 0 Å². The first-order chi connectivity index (χ1) is 12.0. The van der Waals surface area contributed by atoms with E-state index in [-0.39, 0.29) is 41.0 Å². The van der Waals surface area contributed by atoms with Crippen molar-refractivity contribution in [1.82, 2.24) is 0 Å². The molecule has 0 atom stereocenters. The summed E-state index contributed by atoms with van der Waals surface area (Å²) in [6.45, 7) is 3.27. The number of rotatable bonds is 8. The summed E-state index contributed by atoms with van der Waals surface area (Å²) in [4.78, 5) is 23.2. The monoisotopic (exact) mass is 344 g/mol. The molecule has 0 saturated heterocycles. The van der Waals surface area contributed by atoms with Gasteiger partial charge in [0.1, 0.15) is 23.0 Å². The quantitative estimate of drug-likeness (QED) is 0.560. The Hall–Kier alpha value is -3.02. The molecule has 0 aliphatic carbocycles. The van der Waals surface area contributed by atoms with E-state index < -0.39 is 0 Å². The Morgan fingerprint density at radius 2 is 1.20 bits per heavy atom. The predicted octanol–water partition coefficient (Wildman–Crippen LogP) is 3.70. The molecule has 6 nitrogen and oxygen atoms in total. The van der Waals surface area contributed by atoms with Crippen LogP contribution in [0, 0.1) is 0 Å². The Labute approximate surface area is 145 Å². The van der Waals surface area contributed by atoms with Gasteiger partial charge in [-0.2, -0.15) is 0 Å². The minimum Gasteiger partial charge on any atom is -0.507 e. The molecule has 2 aromatic rings. The predicted molar refractivity (Wildman–Crippen MR) is 91.6 cm³/mol. The number of hydrogen-bond donors (Lipinski definition) is 2. The van der Waals surface area contributed by atoms with Crippen LogP contribution in [0.4, 0.5) is 0 Å². The molecule has 0 bridgehead atoms. The minimum absolute atomic E-state index is 0.149. The van der Waals surface area contributed by atoms with E-state index in [2.05, 4.69) is 0 Å². The van der Waals surface area contributed by atoms with E-state index in [4.69, 9.17) is 9.47 Å². The highest BCUT2D eigenvalue weighted by atomic mass is 16.7. The zero-order valence-corrected chi connectivity index (χ0v) is 14.1. The fourth-order valence-corrected chi connectivity index (χ4v) is 2.22. The molecule has 2 aromatic carbocycles. The summed E-state index contributed by atoms with van der Waals surface area (Å²) >= 11 is 0. The van der Waals surface area contributed by atoms with Gasteiger partial charge in [0, 0.05) is 25.0 Å². The van der Waals surface area contributed by atoms with Crippen LogP contribution in [0.2, 0.25) is 0 Å². The molecule has 0 amide bonds. The summed E-state index contributed by atoms with van der Waals surface area (Å²) in [5.74, 6) is 0.0724. The first kappa shape index (κ1) is 18.3. The van der Waals surface area contributed by atoms with Gasteiger partial charge in [0.15, 0.2) is 11.6 Å². The molecule has 0 saturated carbocycles. The van der Waals surface area contributed by atoms with Crippen LogP contribution >= 0.6 is 0 Å². The van der Waals surface area contributed by atoms with E-state index in [0.717, 1.165) is 0 Å². The Morgan fingerprint density at radius 1 is 0.800 bits per heavy atom. The number of carbonyl (C=O) groups is 2. The van der Waals surface area contributed by atoms with E-state index in [1.807, 2.05) is 0 Å². The van der Waals surface area contributed by atoms with Crippen molar-refractivity contribution in [1.29, 1.82) is 0 Å². The standard InChI is InChI=1S/C19H20O6/c1-3-16(20)14-7-5-12(9-18(14)22)24-11-25-13-6-8-15(17(21)4-2)19(23)10-13/h5-10,22-23H,3-4,11H2,1-2H3. The number of Topliss-reactive ketones (excluding diaryl/α,β-unsaturated/α-hetero) is 2. The van der Waals surface area contributed by atoms with Crippen LogP contribution in [0.25, 0.3) is 0 Å². The maximum absolute atomic E-state index is 11.6. The van der Waals surface area contributed by atoms with Crippen LogP contribution in [-0.4, -0.2) is 28.6 Å². The van der Waals surface area contributed by atoms with Crippen LogP contribution < -0.4 is 9.47 Å². The fourth-order valence-electron chi connectivity index (χ4n) is 2.22. The van der Waals surface area contributed by atoms with Crippen molar-refractivity contribution in [2.75, 3.05) is 6.79 Å². The lowest BCUT2D eigenvalue weighted by atomic mass is 10.1. The van der Waals surface area contributed by atoms with Gasteiger partial charge in [0.05, 0.1) is 11.1 Å². The van der Waals surface area contributed by atoms with Crippen LogP contribution in [0.1, 0.15) is 47.4 Å². The largest absolute Gasteiger partial charge is 0.507 e. The number of ketones is 2. The van der Waals surface area contributed by atoms with Crippen LogP contribution in [0.15, 0.2) is 36.4 Å². The number of aromatic hydroxyl groups is 2. The molecule has 0 fully saturated rings. The lowest BCUT2D eigenvalue weighted by Crippen LogP contribution is -2.06. The molecule has 0 spiro atoms. The third-order valence-electron chi connectivity index (χ3n) is 3.63. The first-order valence-corrected chi connectivity index (χ1v) is 7.94. The molecule has 0 radical (unpaired) electrons. The zero-order valence-electron chi connectivity index (χ0n) is 14.1. The van der Waals surface area contributed by atoms with E-state index in [1.54, 1.807) is 26.0 Å². The number of carbonyl (C=O) groups excluding carboxylic acids is 2. The summed E-state index contributed by atoms with van der Waals surface area (Å²) in [6.07, 6.45) is 0.605. The molecular formula is C19H20O6. The highest BCUT2D eigenvalue weighted by Crippen LogP contribution is 2.26. The van der Waals surface area contributed by atoms with Gasteiger partial charge in [0.25, 0.3) is 0 Å². The Kier molecular flexibility index (Phi) is 6.00. The number of hydrogen-bond acceptors (Lipinski definition) is 6. The van der Waals surface area contributed by atoms with Gasteiger partial charge < -0.3 is 19.7 Å². The van der Waals surface area contributed by atoms with Crippen molar-refractivity contribution in [2.24, 2.45) is 0 Å². The van der Waals surface area contributed by atoms with Gasteiger partial charge in [-0.05, 0) is 24.3 Å². The summed E-state index contributed by atoms with van der Waals surface area (Å²) in [5, 5.41) is 19.7. The summed E-state index contributed by atoms with van der Waals surface area (Å²) < 4.78 is 10.7. The Balaban J connectivity index is 1.97. The SMILES string of the molecule is CCC(=O)c1ccc(OCOc2ccc(C(=O)CC)c(O)c2)cc1O. The smallest absolute Gasteiger partial charge is 0.230 e. The lowest BCUT2D eigenvalue weighted by molar-refractivity contribution is 0.0977. The Morgan fingerprint density at radius 3 is 1.52 bits per heavy atom. The van der Waals surface area contributed by atoms with Gasteiger partial charge in [0.2, 0.25) is 6.79 Å². The number of phenolic OH excluding ortho intramolecular Hbond substituents is 2. The molecule has 0 heterocycles. The summed E-state index contributed by atoms with van der Waals surface area (Å²) in [5.41, 5.74) is 0.494. The summed E-state index contributed by atoms with van der Waals surface area (Å²) in [6, 6.07) is 8.79. The van der Waals surface area contributed by atoms with Gasteiger partial charge in [-0.25, -0.2) is 0 Å². The summed E-state index contributed by atoms with van der Waals surface area (Å²) in [7, 11) is 0. The maximum Gasteiger partial charge on any atom is 0.230 e. The van der Waals surface area contributed by atoms with E-state index in [9.17, 15) is 19.8 Å². The van der Waals surface area contributed by atoms with Crippen LogP contribution in [0.5, 0.6) is 23.0 Å². The molecular weight excluding hydrogens is 324 g/mol. The highest BCUT2D eigenvalue weighted by Gasteiger charge is 2.11. The van der Waals surface area contributed by atoms with Gasteiger partial charge >= 0.3 is 0 Å². The van der Waals surface area contributed by atoms with E-state index >= 15 is 0 Å². The minimum atomic E-state index is -0.166. The van der Waals surface area contributed by atoms with Crippen molar-refractivity contribution in [2.45, 2.75) is 26.7 Å². The van der Waals surface area contributed by atoms with Crippen LogP contribution in [0.3, 0.4) is 0 Å². The number of phenols is 2. The molecule has 2 N–H and O–H groups in total. The van der Waals surface area contributed by atoms with Crippen molar-refractivity contribution in [3.63, 3.8) is 0 Å². The third kappa shape index (κ3) is 4.50. The molecule has 0 aromatic heterocycles. The van der Waals surface area contributed by atoms with Gasteiger partial charge in [-0.3, -0.25) is 9.59 Å². The normalized spacial score (nSPS) is 10.3. The fraction of sp³-hybridized carbons (Fsp3) is 0.263. The third-order valence-corrected chi connectivity index (χ3v) is 3.63. The van der Waals surface area contributed by atoms with E-state index in [1.165, 1.54) is 24.3 Å². The van der Waals surface area contributed by atoms with Crippen molar-refractivity contribution < 1.29 is 29.3 Å². The lowest BCUT2D eigenvalue weighted by Gasteiger charge is -2.11. The maximum atomic E-state index is 11.6. The molecule has 132 valence electrons. The van der Waals surface area contributed by atoms with E-state index in [0.29, 0.717) is 24.3 Å². The second-order valence-electron chi connectivity index (χ2n) is 5.32. The molecule has 6 heteroatoms.